The number of pyridine rings is 1. The molecule has 0 radical (unpaired) electrons. The number of aromatic nitrogens is 1. The van der Waals surface area contributed by atoms with E-state index in [1.165, 1.54) is 0 Å². The molecule has 0 atom stereocenters. The van der Waals surface area contributed by atoms with E-state index in [4.69, 9.17) is 16.3 Å². The number of nitrogens with zero attached hydrogens (tertiary/aromatic N) is 3. The van der Waals surface area contributed by atoms with E-state index in [0.29, 0.717) is 22.0 Å². The number of carbonyl (C=O) groups is 1. The van der Waals surface area contributed by atoms with Gasteiger partial charge in [-0.1, -0.05) is 17.7 Å². The summed E-state index contributed by atoms with van der Waals surface area (Å²) in [4.78, 5) is 22.8. The lowest BCUT2D eigenvalue weighted by Crippen LogP contribution is -2.14. The monoisotopic (exact) mass is 359 g/mol. The number of halogens is 1. The van der Waals surface area contributed by atoms with Crippen LogP contribution in [0.2, 0.25) is 5.02 Å². The van der Waals surface area contributed by atoms with E-state index in [2.05, 4.69) is 9.98 Å². The molecule has 0 saturated carbocycles. The molecule has 5 nitrogen and oxygen atoms in total. The van der Waals surface area contributed by atoms with E-state index in [1.54, 1.807) is 24.7 Å². The lowest BCUT2D eigenvalue weighted by molar-refractivity contribution is 0.0467. The molecule has 25 heavy (non-hydrogen) atoms. The highest BCUT2D eigenvalue weighted by Crippen LogP contribution is 2.28. The van der Waals surface area contributed by atoms with Crippen LogP contribution in [0, 0.1) is 13.8 Å². The van der Waals surface area contributed by atoms with Gasteiger partial charge < -0.3 is 9.64 Å². The predicted octanol–water partition coefficient (Wildman–Crippen LogP) is 4.32. The van der Waals surface area contributed by atoms with Crippen LogP contribution in [0.3, 0.4) is 0 Å². The van der Waals surface area contributed by atoms with Crippen molar-refractivity contribution in [3.05, 3.63) is 57.9 Å². The molecule has 0 bridgehead atoms. The van der Waals surface area contributed by atoms with Crippen LogP contribution in [-0.4, -0.2) is 35.8 Å². The second-order valence-electron chi connectivity index (χ2n) is 5.84. The maximum atomic E-state index is 12.3. The number of hydrogen-bond acceptors (Lipinski definition) is 4. The molecule has 0 unspecified atom stereocenters. The number of aliphatic imine (C=N–C) groups is 1. The fraction of sp³-hybridized carbons (Fsp3) is 0.316. The van der Waals surface area contributed by atoms with E-state index in [-0.39, 0.29) is 6.61 Å². The molecule has 0 fully saturated rings. The quantitative estimate of drug-likeness (QED) is 0.438. The highest BCUT2D eigenvalue weighted by atomic mass is 35.5. The molecule has 0 amide bonds. The molecule has 132 valence electrons. The molecule has 1 aromatic heterocycles. The molecule has 1 aromatic carbocycles. The highest BCUT2D eigenvalue weighted by molar-refractivity contribution is 6.33. The minimum absolute atomic E-state index is 0.122. The minimum Gasteiger partial charge on any atom is -0.456 e. The Kier molecular flexibility index (Phi) is 6.53. The van der Waals surface area contributed by atoms with Crippen molar-refractivity contribution in [1.29, 1.82) is 0 Å². The Morgan fingerprint density at radius 1 is 1.36 bits per heavy atom. The van der Waals surface area contributed by atoms with Crippen LogP contribution in [0.4, 0.5) is 5.69 Å². The zero-order chi connectivity index (χ0) is 18.4. The molecule has 0 aliphatic heterocycles. The van der Waals surface area contributed by atoms with Gasteiger partial charge in [0.1, 0.15) is 6.61 Å². The molecular formula is C19H22ClN3O2. The average molecular weight is 360 g/mol. The van der Waals surface area contributed by atoms with Crippen LogP contribution in [0.25, 0.3) is 0 Å². The number of carbonyl (C=O) groups excluding carboxylic acids is 1. The fourth-order valence-electron chi connectivity index (χ4n) is 2.03. The minimum atomic E-state index is -0.428. The van der Waals surface area contributed by atoms with E-state index < -0.39 is 5.97 Å². The second kappa shape index (κ2) is 8.62. The largest absolute Gasteiger partial charge is 0.456 e. The van der Waals surface area contributed by atoms with Crippen molar-refractivity contribution in [2.45, 2.75) is 27.4 Å². The third-order valence-electron chi connectivity index (χ3n) is 3.73. The van der Waals surface area contributed by atoms with Crippen molar-refractivity contribution in [3.8, 4) is 0 Å². The SMILES string of the molecule is CCN(C)C=Nc1cc(C)c(C(=O)OCc2ccc(C)cn2)cc1Cl. The summed E-state index contributed by atoms with van der Waals surface area (Å²) in [7, 11) is 1.93. The Morgan fingerprint density at radius 3 is 2.76 bits per heavy atom. The van der Waals surface area contributed by atoms with Crippen LogP contribution in [0.5, 0.6) is 0 Å². The average Bonchev–Trinajstić information content (AvgIpc) is 2.61. The van der Waals surface area contributed by atoms with Gasteiger partial charge in [0, 0.05) is 19.8 Å². The number of esters is 1. The molecule has 2 aromatic rings. The van der Waals surface area contributed by atoms with Crippen molar-refractivity contribution >= 4 is 29.6 Å². The first-order valence-corrected chi connectivity index (χ1v) is 8.41. The summed E-state index contributed by atoms with van der Waals surface area (Å²) < 4.78 is 5.34. The van der Waals surface area contributed by atoms with Gasteiger partial charge in [0.2, 0.25) is 0 Å². The standard InChI is InChI=1S/C19H22ClN3O2/c1-5-23(4)12-22-18-8-14(3)16(9-17(18)20)19(24)25-11-15-7-6-13(2)10-21-15/h6-10,12H,5,11H2,1-4H3. The summed E-state index contributed by atoms with van der Waals surface area (Å²) in [5, 5.41) is 0.409. The lowest BCUT2D eigenvalue weighted by atomic mass is 10.1. The summed E-state index contributed by atoms with van der Waals surface area (Å²) in [6, 6.07) is 7.15. The van der Waals surface area contributed by atoms with E-state index in [9.17, 15) is 4.79 Å². The summed E-state index contributed by atoms with van der Waals surface area (Å²) in [6.45, 7) is 6.78. The molecule has 0 aliphatic carbocycles. The van der Waals surface area contributed by atoms with Crippen LogP contribution in [0.15, 0.2) is 35.5 Å². The first-order valence-electron chi connectivity index (χ1n) is 8.04. The van der Waals surface area contributed by atoms with Gasteiger partial charge in [0.15, 0.2) is 0 Å². The van der Waals surface area contributed by atoms with Gasteiger partial charge >= 0.3 is 5.97 Å². The normalized spacial score (nSPS) is 10.9. The third-order valence-corrected chi connectivity index (χ3v) is 4.03. The number of ether oxygens (including phenoxy) is 1. The smallest absolute Gasteiger partial charge is 0.338 e. The van der Waals surface area contributed by atoms with E-state index in [1.807, 2.05) is 44.9 Å². The van der Waals surface area contributed by atoms with Crippen LogP contribution < -0.4 is 0 Å². The van der Waals surface area contributed by atoms with Gasteiger partial charge in [0.25, 0.3) is 0 Å². The maximum Gasteiger partial charge on any atom is 0.338 e. The Labute approximate surface area is 153 Å². The molecule has 6 heteroatoms. The zero-order valence-corrected chi connectivity index (χ0v) is 15.7. The van der Waals surface area contributed by atoms with E-state index in [0.717, 1.165) is 17.7 Å². The van der Waals surface area contributed by atoms with E-state index >= 15 is 0 Å². The first kappa shape index (κ1) is 18.9. The number of rotatable bonds is 6. The van der Waals surface area contributed by atoms with Crippen molar-refractivity contribution < 1.29 is 9.53 Å². The number of benzene rings is 1. The van der Waals surface area contributed by atoms with Crippen molar-refractivity contribution in [2.24, 2.45) is 4.99 Å². The molecule has 1 heterocycles. The van der Waals surface area contributed by atoms with Gasteiger partial charge in [-0.2, -0.15) is 0 Å². The van der Waals surface area contributed by atoms with Crippen molar-refractivity contribution in [1.82, 2.24) is 9.88 Å². The lowest BCUT2D eigenvalue weighted by Gasteiger charge is -2.11. The predicted molar refractivity (Wildman–Crippen MR) is 101 cm³/mol. The first-order chi connectivity index (χ1) is 11.9. The van der Waals surface area contributed by atoms with Crippen molar-refractivity contribution in [3.63, 3.8) is 0 Å². The Morgan fingerprint density at radius 2 is 2.12 bits per heavy atom. The molecule has 2 rings (SSSR count). The number of aryl methyl sites for hydroxylation is 2. The molecular weight excluding hydrogens is 338 g/mol. The molecule has 0 saturated heterocycles. The maximum absolute atomic E-state index is 12.3. The highest BCUT2D eigenvalue weighted by Gasteiger charge is 2.14. The van der Waals surface area contributed by atoms with Gasteiger partial charge in [0.05, 0.1) is 28.3 Å². The summed E-state index contributed by atoms with van der Waals surface area (Å²) in [5.74, 6) is -0.428. The topological polar surface area (TPSA) is 54.8 Å². The molecule has 0 spiro atoms. The van der Waals surface area contributed by atoms with Gasteiger partial charge in [-0.25, -0.2) is 9.79 Å². The number of hydrogen-bond donors (Lipinski definition) is 0. The third kappa shape index (κ3) is 5.29. The summed E-state index contributed by atoms with van der Waals surface area (Å²) in [5.41, 5.74) is 3.57. The summed E-state index contributed by atoms with van der Waals surface area (Å²) >= 11 is 6.25. The Bertz CT molecular complexity index is 773. The van der Waals surface area contributed by atoms with Gasteiger partial charge in [-0.15, -0.1) is 0 Å². The zero-order valence-electron chi connectivity index (χ0n) is 14.9. The summed E-state index contributed by atoms with van der Waals surface area (Å²) in [6.07, 6.45) is 3.45. The Hall–Kier alpha value is -2.40. The van der Waals surface area contributed by atoms with Crippen LogP contribution in [-0.2, 0) is 11.3 Å². The van der Waals surface area contributed by atoms with Crippen LogP contribution >= 0.6 is 11.6 Å². The van der Waals surface area contributed by atoms with Gasteiger partial charge in [-0.3, -0.25) is 4.98 Å². The second-order valence-corrected chi connectivity index (χ2v) is 6.25. The Balaban J connectivity index is 2.10. The van der Waals surface area contributed by atoms with Crippen LogP contribution in [0.1, 0.15) is 34.1 Å². The van der Waals surface area contributed by atoms with Crippen molar-refractivity contribution in [2.75, 3.05) is 13.6 Å². The van der Waals surface area contributed by atoms with Gasteiger partial charge in [-0.05, 0) is 50.1 Å². The fourth-order valence-corrected chi connectivity index (χ4v) is 2.24. The molecule has 0 N–H and O–H groups in total. The molecule has 0 aliphatic rings.